The highest BCUT2D eigenvalue weighted by Crippen LogP contribution is 2.24. The Morgan fingerprint density at radius 2 is 2.29 bits per heavy atom. The lowest BCUT2D eigenvalue weighted by molar-refractivity contribution is 0.279. The van der Waals surface area contributed by atoms with Crippen LogP contribution in [-0.4, -0.2) is 6.04 Å². The molecular formula is C12H19NS. The SMILES string of the molecule is C[C@@H]1CCCC[C@H]1NCc1ccsc1. The average molecular weight is 209 g/mol. The van der Waals surface area contributed by atoms with E-state index in [2.05, 4.69) is 29.1 Å². The molecule has 0 unspecified atom stereocenters. The van der Waals surface area contributed by atoms with Gasteiger partial charge in [0.15, 0.2) is 0 Å². The molecule has 1 nitrogen and oxygen atoms in total. The molecule has 2 rings (SSSR count). The van der Waals surface area contributed by atoms with Crippen molar-refractivity contribution in [3.63, 3.8) is 0 Å². The van der Waals surface area contributed by atoms with Crippen LogP contribution in [0.2, 0.25) is 0 Å². The summed E-state index contributed by atoms with van der Waals surface area (Å²) in [5, 5.41) is 8.07. The molecular weight excluding hydrogens is 190 g/mol. The first kappa shape index (κ1) is 10.2. The highest BCUT2D eigenvalue weighted by atomic mass is 32.1. The molecule has 1 aromatic rings. The largest absolute Gasteiger partial charge is 0.310 e. The van der Waals surface area contributed by atoms with Gasteiger partial charge in [0.25, 0.3) is 0 Å². The number of hydrogen-bond acceptors (Lipinski definition) is 2. The van der Waals surface area contributed by atoms with Crippen LogP contribution in [0.5, 0.6) is 0 Å². The van der Waals surface area contributed by atoms with Crippen LogP contribution in [0.25, 0.3) is 0 Å². The van der Waals surface area contributed by atoms with Crippen LogP contribution in [0.4, 0.5) is 0 Å². The van der Waals surface area contributed by atoms with Gasteiger partial charge in [-0.3, -0.25) is 0 Å². The summed E-state index contributed by atoms with van der Waals surface area (Å²) in [7, 11) is 0. The molecule has 2 atom stereocenters. The summed E-state index contributed by atoms with van der Waals surface area (Å²) in [6.07, 6.45) is 5.61. The Hall–Kier alpha value is -0.340. The van der Waals surface area contributed by atoms with Gasteiger partial charge >= 0.3 is 0 Å². The van der Waals surface area contributed by atoms with Crippen LogP contribution in [0.3, 0.4) is 0 Å². The third-order valence-electron chi connectivity index (χ3n) is 3.26. The third-order valence-corrected chi connectivity index (χ3v) is 3.99. The van der Waals surface area contributed by atoms with Crippen molar-refractivity contribution in [1.82, 2.24) is 5.32 Å². The van der Waals surface area contributed by atoms with Crippen molar-refractivity contribution >= 4 is 11.3 Å². The van der Waals surface area contributed by atoms with Gasteiger partial charge in [-0.15, -0.1) is 0 Å². The summed E-state index contributed by atoms with van der Waals surface area (Å²) >= 11 is 1.79. The van der Waals surface area contributed by atoms with Gasteiger partial charge in [0.2, 0.25) is 0 Å². The van der Waals surface area contributed by atoms with Crippen LogP contribution in [0, 0.1) is 5.92 Å². The first-order chi connectivity index (χ1) is 6.86. The smallest absolute Gasteiger partial charge is 0.0216 e. The van der Waals surface area contributed by atoms with Gasteiger partial charge in [0.05, 0.1) is 0 Å². The highest BCUT2D eigenvalue weighted by Gasteiger charge is 2.20. The molecule has 0 saturated heterocycles. The van der Waals surface area contributed by atoms with E-state index in [1.54, 1.807) is 11.3 Å². The van der Waals surface area contributed by atoms with E-state index in [4.69, 9.17) is 0 Å². The van der Waals surface area contributed by atoms with E-state index in [0.29, 0.717) is 0 Å². The molecule has 1 saturated carbocycles. The molecule has 1 aliphatic rings. The predicted octanol–water partition coefficient (Wildman–Crippen LogP) is 3.42. The Morgan fingerprint density at radius 3 is 3.00 bits per heavy atom. The molecule has 1 heterocycles. The molecule has 1 N–H and O–H groups in total. The lowest BCUT2D eigenvalue weighted by Gasteiger charge is -2.29. The Labute approximate surface area is 90.5 Å². The first-order valence-corrected chi connectivity index (χ1v) is 6.55. The van der Waals surface area contributed by atoms with Crippen molar-refractivity contribution in [2.24, 2.45) is 5.92 Å². The summed E-state index contributed by atoms with van der Waals surface area (Å²) in [5.41, 5.74) is 1.44. The van der Waals surface area contributed by atoms with Gasteiger partial charge in [-0.05, 0) is 41.1 Å². The summed E-state index contributed by atoms with van der Waals surface area (Å²) in [4.78, 5) is 0. The summed E-state index contributed by atoms with van der Waals surface area (Å²) < 4.78 is 0. The molecule has 1 fully saturated rings. The molecule has 78 valence electrons. The zero-order chi connectivity index (χ0) is 9.80. The Kier molecular flexibility index (Phi) is 3.60. The van der Waals surface area contributed by atoms with Gasteiger partial charge in [-0.25, -0.2) is 0 Å². The van der Waals surface area contributed by atoms with Crippen molar-refractivity contribution in [2.45, 2.75) is 45.2 Å². The van der Waals surface area contributed by atoms with Gasteiger partial charge in [0, 0.05) is 12.6 Å². The van der Waals surface area contributed by atoms with E-state index < -0.39 is 0 Å². The first-order valence-electron chi connectivity index (χ1n) is 5.61. The standard InChI is InChI=1S/C12H19NS/c1-10-4-2-3-5-12(10)13-8-11-6-7-14-9-11/h6-7,9-10,12-13H,2-5,8H2,1H3/t10-,12-/m1/s1. The fourth-order valence-electron chi connectivity index (χ4n) is 2.26. The van der Waals surface area contributed by atoms with Crippen LogP contribution in [0.1, 0.15) is 38.2 Å². The van der Waals surface area contributed by atoms with E-state index in [0.717, 1.165) is 18.5 Å². The van der Waals surface area contributed by atoms with E-state index >= 15 is 0 Å². The van der Waals surface area contributed by atoms with Crippen LogP contribution in [-0.2, 0) is 6.54 Å². The maximum Gasteiger partial charge on any atom is 0.0216 e. The van der Waals surface area contributed by atoms with Crippen LogP contribution >= 0.6 is 11.3 Å². The fourth-order valence-corrected chi connectivity index (χ4v) is 2.93. The lowest BCUT2D eigenvalue weighted by Crippen LogP contribution is -2.36. The normalized spacial score (nSPS) is 27.8. The Morgan fingerprint density at radius 1 is 1.43 bits per heavy atom. The molecule has 0 amide bonds. The van der Waals surface area contributed by atoms with Crippen LogP contribution in [0.15, 0.2) is 16.8 Å². The van der Waals surface area contributed by atoms with E-state index in [1.807, 2.05) is 0 Å². The Bertz CT molecular complexity index is 255. The zero-order valence-corrected chi connectivity index (χ0v) is 9.65. The summed E-state index contributed by atoms with van der Waals surface area (Å²) in [6.45, 7) is 3.43. The average Bonchev–Trinajstić information content (AvgIpc) is 2.69. The molecule has 0 spiro atoms. The van der Waals surface area contributed by atoms with E-state index in [1.165, 1.54) is 31.2 Å². The highest BCUT2D eigenvalue weighted by molar-refractivity contribution is 7.07. The minimum absolute atomic E-state index is 0.753. The van der Waals surface area contributed by atoms with Crippen molar-refractivity contribution in [1.29, 1.82) is 0 Å². The summed E-state index contributed by atoms with van der Waals surface area (Å²) in [6, 6.07) is 2.97. The molecule has 0 aromatic carbocycles. The second-order valence-corrected chi connectivity index (χ2v) is 5.16. The van der Waals surface area contributed by atoms with Gasteiger partial charge < -0.3 is 5.32 Å². The number of thiophene rings is 1. The number of nitrogens with one attached hydrogen (secondary N) is 1. The predicted molar refractivity (Wildman–Crippen MR) is 62.6 cm³/mol. The van der Waals surface area contributed by atoms with Gasteiger partial charge in [-0.1, -0.05) is 19.8 Å². The molecule has 1 aromatic heterocycles. The van der Waals surface area contributed by atoms with Crippen molar-refractivity contribution in [3.8, 4) is 0 Å². The zero-order valence-electron chi connectivity index (χ0n) is 8.83. The Balaban J connectivity index is 1.79. The molecule has 0 bridgehead atoms. The monoisotopic (exact) mass is 209 g/mol. The maximum absolute atomic E-state index is 3.68. The second-order valence-electron chi connectivity index (χ2n) is 4.38. The van der Waals surface area contributed by atoms with Crippen molar-refractivity contribution in [2.75, 3.05) is 0 Å². The number of rotatable bonds is 3. The number of hydrogen-bond donors (Lipinski definition) is 1. The molecule has 14 heavy (non-hydrogen) atoms. The fraction of sp³-hybridized carbons (Fsp3) is 0.667. The van der Waals surface area contributed by atoms with E-state index in [-0.39, 0.29) is 0 Å². The van der Waals surface area contributed by atoms with Crippen LogP contribution < -0.4 is 5.32 Å². The van der Waals surface area contributed by atoms with Gasteiger partial charge in [-0.2, -0.15) is 11.3 Å². The third kappa shape index (κ3) is 2.58. The lowest BCUT2D eigenvalue weighted by atomic mass is 9.86. The molecule has 2 heteroatoms. The minimum atomic E-state index is 0.753. The summed E-state index contributed by atoms with van der Waals surface area (Å²) in [5.74, 6) is 0.863. The van der Waals surface area contributed by atoms with Gasteiger partial charge in [0.1, 0.15) is 0 Å². The molecule has 1 aliphatic carbocycles. The second kappa shape index (κ2) is 4.94. The van der Waals surface area contributed by atoms with Crippen molar-refractivity contribution < 1.29 is 0 Å². The molecule has 0 aliphatic heterocycles. The van der Waals surface area contributed by atoms with Crippen molar-refractivity contribution in [3.05, 3.63) is 22.4 Å². The quantitative estimate of drug-likeness (QED) is 0.804. The maximum atomic E-state index is 3.68. The topological polar surface area (TPSA) is 12.0 Å². The van der Waals surface area contributed by atoms with E-state index in [9.17, 15) is 0 Å². The minimum Gasteiger partial charge on any atom is -0.310 e. The molecule has 0 radical (unpaired) electrons.